The molecule has 0 bridgehead atoms. The molecule has 1 saturated heterocycles. The molecule has 0 aliphatic carbocycles. The number of guanidine groups is 1. The third-order valence-electron chi connectivity index (χ3n) is 3.60. The van der Waals surface area contributed by atoms with Crippen LogP contribution >= 0.6 is 0 Å². The number of nitrogens with zero attached hydrogens (tertiary/aromatic N) is 1. The molecule has 1 fully saturated rings. The first-order valence-electron chi connectivity index (χ1n) is 8.29. The van der Waals surface area contributed by atoms with E-state index in [1.165, 1.54) is 0 Å². The molecule has 5 heteroatoms. The minimum absolute atomic E-state index is 0.294. The Balaban J connectivity index is 1.94. The first-order valence-corrected chi connectivity index (χ1v) is 8.29. The number of nitrogens with one attached hydrogen (secondary N) is 2. The molecular weight excluding hydrogens is 290 g/mol. The lowest BCUT2D eigenvalue weighted by Gasteiger charge is -2.15. The fourth-order valence-electron chi connectivity index (χ4n) is 2.45. The van der Waals surface area contributed by atoms with Crippen LogP contribution in [0.2, 0.25) is 0 Å². The average Bonchev–Trinajstić information content (AvgIpc) is 3.09. The number of aliphatic imine (C=N–C) groups is 1. The van der Waals surface area contributed by atoms with Crippen molar-refractivity contribution >= 4 is 5.96 Å². The van der Waals surface area contributed by atoms with Crippen molar-refractivity contribution < 1.29 is 9.47 Å². The topological polar surface area (TPSA) is 54.9 Å². The minimum atomic E-state index is 0.294. The second-order valence-electron chi connectivity index (χ2n) is 5.42. The van der Waals surface area contributed by atoms with Crippen LogP contribution in [0.25, 0.3) is 0 Å². The van der Waals surface area contributed by atoms with E-state index in [1.54, 1.807) is 6.08 Å². The molecule has 0 radical (unpaired) electrons. The molecule has 2 rings (SSSR count). The van der Waals surface area contributed by atoms with E-state index in [9.17, 15) is 0 Å². The average molecular weight is 317 g/mol. The summed E-state index contributed by atoms with van der Waals surface area (Å²) in [6.45, 7) is 9.29. The fraction of sp³-hybridized carbons (Fsp3) is 0.500. The lowest BCUT2D eigenvalue weighted by atomic mass is 10.2. The van der Waals surface area contributed by atoms with Gasteiger partial charge >= 0.3 is 0 Å². The fourth-order valence-corrected chi connectivity index (χ4v) is 2.45. The highest BCUT2D eigenvalue weighted by Gasteiger charge is 2.15. The van der Waals surface area contributed by atoms with E-state index in [-0.39, 0.29) is 0 Å². The molecule has 1 aromatic rings. The lowest BCUT2D eigenvalue weighted by molar-refractivity contribution is 0.114. The van der Waals surface area contributed by atoms with Gasteiger partial charge in [-0.2, -0.15) is 0 Å². The SMILES string of the molecule is C=CCOc1ccccc1CN=C(NCC)NCC1CCCO1. The highest BCUT2D eigenvalue weighted by atomic mass is 16.5. The number of ether oxygens (including phenoxy) is 2. The van der Waals surface area contributed by atoms with Gasteiger partial charge in [0.05, 0.1) is 12.6 Å². The smallest absolute Gasteiger partial charge is 0.191 e. The zero-order valence-corrected chi connectivity index (χ0v) is 13.9. The van der Waals surface area contributed by atoms with Gasteiger partial charge in [0.15, 0.2) is 5.96 Å². The zero-order valence-electron chi connectivity index (χ0n) is 13.9. The molecule has 1 aromatic carbocycles. The highest BCUT2D eigenvalue weighted by Crippen LogP contribution is 2.18. The summed E-state index contributed by atoms with van der Waals surface area (Å²) in [4.78, 5) is 4.65. The van der Waals surface area contributed by atoms with E-state index in [0.717, 1.165) is 49.8 Å². The molecule has 5 nitrogen and oxygen atoms in total. The van der Waals surface area contributed by atoms with Crippen LogP contribution in [-0.2, 0) is 11.3 Å². The van der Waals surface area contributed by atoms with Gasteiger partial charge in [0.1, 0.15) is 12.4 Å². The van der Waals surface area contributed by atoms with E-state index in [4.69, 9.17) is 9.47 Å². The van der Waals surface area contributed by atoms with Crippen LogP contribution in [0.4, 0.5) is 0 Å². The Morgan fingerprint density at radius 3 is 3.04 bits per heavy atom. The van der Waals surface area contributed by atoms with E-state index in [2.05, 4.69) is 29.1 Å². The summed E-state index contributed by atoms with van der Waals surface area (Å²) in [5.74, 6) is 1.66. The highest BCUT2D eigenvalue weighted by molar-refractivity contribution is 5.79. The van der Waals surface area contributed by atoms with Crippen LogP contribution in [0.3, 0.4) is 0 Å². The van der Waals surface area contributed by atoms with Crippen molar-refractivity contribution in [2.45, 2.75) is 32.4 Å². The predicted octanol–water partition coefficient (Wildman–Crippen LogP) is 2.49. The van der Waals surface area contributed by atoms with Crippen LogP contribution in [0.1, 0.15) is 25.3 Å². The zero-order chi connectivity index (χ0) is 16.3. The Kier molecular flexibility index (Phi) is 7.46. The van der Waals surface area contributed by atoms with Gasteiger partial charge in [-0.1, -0.05) is 30.9 Å². The largest absolute Gasteiger partial charge is 0.489 e. The molecule has 1 unspecified atom stereocenters. The normalized spacial score (nSPS) is 17.8. The van der Waals surface area contributed by atoms with E-state index in [0.29, 0.717) is 19.3 Å². The molecule has 0 saturated carbocycles. The standard InChI is InChI=1S/C18H27N3O2/c1-3-11-23-17-10-6-5-8-15(17)13-20-18(19-4-2)21-14-16-9-7-12-22-16/h3,5-6,8,10,16H,1,4,7,9,11-14H2,2H3,(H2,19,20,21). The molecular formula is C18H27N3O2. The summed E-state index contributed by atoms with van der Waals surface area (Å²) >= 11 is 0. The van der Waals surface area contributed by atoms with Gasteiger partial charge < -0.3 is 20.1 Å². The van der Waals surface area contributed by atoms with Crippen LogP contribution in [-0.4, -0.2) is 38.4 Å². The summed E-state index contributed by atoms with van der Waals surface area (Å²) in [5, 5.41) is 6.62. The number of hydrogen-bond donors (Lipinski definition) is 2. The Morgan fingerprint density at radius 1 is 1.43 bits per heavy atom. The van der Waals surface area contributed by atoms with Gasteiger partial charge in [-0.05, 0) is 25.8 Å². The molecule has 0 amide bonds. The van der Waals surface area contributed by atoms with Gasteiger partial charge in [0.2, 0.25) is 0 Å². The van der Waals surface area contributed by atoms with Crippen molar-refractivity contribution in [2.75, 3.05) is 26.3 Å². The van der Waals surface area contributed by atoms with Gasteiger partial charge in [-0.3, -0.25) is 0 Å². The molecule has 23 heavy (non-hydrogen) atoms. The van der Waals surface area contributed by atoms with Gasteiger partial charge in [-0.25, -0.2) is 4.99 Å². The Bertz CT molecular complexity index is 511. The minimum Gasteiger partial charge on any atom is -0.489 e. The number of benzene rings is 1. The summed E-state index contributed by atoms with van der Waals surface area (Å²) in [6, 6.07) is 7.96. The predicted molar refractivity (Wildman–Crippen MR) is 93.9 cm³/mol. The van der Waals surface area contributed by atoms with E-state index >= 15 is 0 Å². The van der Waals surface area contributed by atoms with Gasteiger partial charge in [0, 0.05) is 25.3 Å². The van der Waals surface area contributed by atoms with Crippen molar-refractivity contribution in [3.8, 4) is 5.75 Å². The molecule has 0 aromatic heterocycles. The van der Waals surface area contributed by atoms with Crippen LogP contribution in [0.5, 0.6) is 5.75 Å². The van der Waals surface area contributed by atoms with Gasteiger partial charge in [0.25, 0.3) is 0 Å². The van der Waals surface area contributed by atoms with Crippen molar-refractivity contribution in [3.05, 3.63) is 42.5 Å². The van der Waals surface area contributed by atoms with Crippen molar-refractivity contribution in [3.63, 3.8) is 0 Å². The number of hydrogen-bond acceptors (Lipinski definition) is 3. The van der Waals surface area contributed by atoms with Crippen molar-refractivity contribution in [1.82, 2.24) is 10.6 Å². The van der Waals surface area contributed by atoms with Gasteiger partial charge in [-0.15, -0.1) is 0 Å². The number of rotatable bonds is 8. The summed E-state index contributed by atoms with van der Waals surface area (Å²) in [7, 11) is 0. The molecule has 0 spiro atoms. The Labute approximate surface area is 138 Å². The van der Waals surface area contributed by atoms with E-state index < -0.39 is 0 Å². The molecule has 1 aliphatic heterocycles. The van der Waals surface area contributed by atoms with E-state index in [1.807, 2.05) is 24.3 Å². The molecule has 1 aliphatic rings. The third-order valence-corrected chi connectivity index (χ3v) is 3.60. The molecule has 1 atom stereocenters. The quantitative estimate of drug-likeness (QED) is 0.439. The summed E-state index contributed by atoms with van der Waals surface area (Å²) in [5.41, 5.74) is 1.06. The van der Waals surface area contributed by atoms with Crippen LogP contribution < -0.4 is 15.4 Å². The maximum absolute atomic E-state index is 5.67. The first kappa shape index (κ1) is 17.3. The Morgan fingerprint density at radius 2 is 2.30 bits per heavy atom. The third kappa shape index (κ3) is 5.94. The maximum atomic E-state index is 5.67. The lowest BCUT2D eigenvalue weighted by Crippen LogP contribution is -2.41. The first-order chi connectivity index (χ1) is 11.3. The molecule has 2 N–H and O–H groups in total. The monoisotopic (exact) mass is 317 g/mol. The maximum Gasteiger partial charge on any atom is 0.191 e. The molecule has 126 valence electrons. The number of para-hydroxylation sites is 1. The van der Waals surface area contributed by atoms with Crippen LogP contribution in [0.15, 0.2) is 41.9 Å². The van der Waals surface area contributed by atoms with Crippen molar-refractivity contribution in [2.24, 2.45) is 4.99 Å². The van der Waals surface area contributed by atoms with Crippen molar-refractivity contribution in [1.29, 1.82) is 0 Å². The summed E-state index contributed by atoms with van der Waals surface area (Å²) < 4.78 is 11.3. The second kappa shape index (κ2) is 9.90. The summed E-state index contributed by atoms with van der Waals surface area (Å²) in [6.07, 6.45) is 4.30. The second-order valence-corrected chi connectivity index (χ2v) is 5.42. The van der Waals surface area contributed by atoms with Crippen LogP contribution in [0, 0.1) is 0 Å². The molecule has 1 heterocycles. The Hall–Kier alpha value is -2.01.